The Labute approximate surface area is 313 Å². The van der Waals surface area contributed by atoms with E-state index in [9.17, 15) is 75.7 Å². The first kappa shape index (κ1) is 41.8. The highest BCUT2D eigenvalue weighted by atomic mass is 16.8. The van der Waals surface area contributed by atoms with Gasteiger partial charge in [0.05, 0.1) is 0 Å². The first-order valence-electron chi connectivity index (χ1n) is 16.5. The number of carbonyl (C=O) groups excluding carboxylic acids is 1. The Morgan fingerprint density at radius 3 is 2.25 bits per heavy atom. The van der Waals surface area contributed by atoms with Gasteiger partial charge in [0.1, 0.15) is 52.6 Å². The highest BCUT2D eigenvalue weighted by Gasteiger charge is 2.65. The smallest absolute Gasteiger partial charge is 0.340 e. The van der Waals surface area contributed by atoms with Crippen LogP contribution in [0.5, 0.6) is 23.0 Å². The maximum atomic E-state index is 13.6. The van der Waals surface area contributed by atoms with E-state index in [2.05, 4.69) is 4.99 Å². The molecule has 0 bridgehead atoms. The molecule has 0 aliphatic carbocycles. The van der Waals surface area contributed by atoms with Gasteiger partial charge in [-0.15, -0.1) is 0 Å². The molecular weight excluding hydrogens is 758 g/mol. The maximum Gasteiger partial charge on any atom is 0.340 e. The van der Waals surface area contributed by atoms with Gasteiger partial charge in [0.25, 0.3) is 0 Å². The van der Waals surface area contributed by atoms with Crippen molar-refractivity contribution in [2.24, 2.45) is 16.5 Å². The van der Waals surface area contributed by atoms with Crippen LogP contribution in [0.1, 0.15) is 18.4 Å². The predicted molar refractivity (Wildman–Crippen MR) is 181 cm³/mol. The summed E-state index contributed by atoms with van der Waals surface area (Å²) >= 11 is 0. The second-order valence-corrected chi connectivity index (χ2v) is 12.9. The predicted octanol–water partition coefficient (Wildman–Crippen LogP) is -4.52. The molecule has 2 aliphatic rings. The Morgan fingerprint density at radius 1 is 0.911 bits per heavy atom. The van der Waals surface area contributed by atoms with E-state index in [1.54, 1.807) is 0 Å². The topological polar surface area (TPSA) is 408 Å². The van der Waals surface area contributed by atoms with Gasteiger partial charge in [0.15, 0.2) is 35.1 Å². The lowest BCUT2D eigenvalue weighted by molar-refractivity contribution is -0.411. The van der Waals surface area contributed by atoms with Crippen molar-refractivity contribution in [3.8, 4) is 34.3 Å². The van der Waals surface area contributed by atoms with Crippen molar-refractivity contribution < 1.29 is 94.2 Å². The SMILES string of the molecule is NC(N)=NCCCC1(OC(=O)C2OC(Oc3cc(O)c4c(=O)cc(-c5cc(O)c(O)c(CCO)c5)oc4c3)C(O)C(O)C2O)OC(C(=O)O)C(O)(O)C(O)C1O. The summed E-state index contributed by atoms with van der Waals surface area (Å²) in [6, 6.07) is 5.25. The fourth-order valence-electron chi connectivity index (χ4n) is 6.18. The van der Waals surface area contributed by atoms with E-state index in [4.69, 9.17) is 34.8 Å². The number of esters is 1. The molecule has 5 rings (SSSR count). The maximum absolute atomic E-state index is 13.6. The summed E-state index contributed by atoms with van der Waals surface area (Å²) in [5, 5.41) is 124. The van der Waals surface area contributed by atoms with Crippen LogP contribution in [0, 0.1) is 0 Å². The lowest BCUT2D eigenvalue weighted by atomic mass is 9.87. The Balaban J connectivity index is 1.45. The third-order valence-corrected chi connectivity index (χ3v) is 9.04. The highest BCUT2D eigenvalue weighted by molar-refractivity contribution is 5.86. The molecule has 3 heterocycles. The van der Waals surface area contributed by atoms with Crippen molar-refractivity contribution in [3.05, 3.63) is 46.1 Å². The minimum absolute atomic E-state index is 0.0741. The number of aliphatic hydroxyl groups excluding tert-OH is 6. The van der Waals surface area contributed by atoms with Crippen LogP contribution in [0.2, 0.25) is 0 Å². The van der Waals surface area contributed by atoms with E-state index in [0.717, 1.165) is 24.3 Å². The summed E-state index contributed by atoms with van der Waals surface area (Å²) in [6.45, 7) is -0.646. The molecular formula is C33H39N3O20. The van der Waals surface area contributed by atoms with Gasteiger partial charge in [0.2, 0.25) is 24.0 Å². The molecule has 2 aromatic carbocycles. The summed E-state index contributed by atoms with van der Waals surface area (Å²) in [5.41, 5.74) is 9.64. The second kappa shape index (κ2) is 16.0. The van der Waals surface area contributed by atoms with Gasteiger partial charge >= 0.3 is 11.9 Å². The van der Waals surface area contributed by atoms with Crippen LogP contribution in [0.25, 0.3) is 22.3 Å². The van der Waals surface area contributed by atoms with E-state index in [-0.39, 0.29) is 53.2 Å². The zero-order chi connectivity index (χ0) is 41.4. The summed E-state index contributed by atoms with van der Waals surface area (Å²) < 4.78 is 27.3. The van der Waals surface area contributed by atoms with Crippen molar-refractivity contribution in [2.45, 2.75) is 79.9 Å². The number of aliphatic imine (C=N–C) groups is 1. The molecule has 56 heavy (non-hydrogen) atoms. The number of nitrogens with zero attached hydrogens (tertiary/aromatic N) is 1. The number of aliphatic hydroxyl groups is 8. The average molecular weight is 798 g/mol. The van der Waals surface area contributed by atoms with Crippen molar-refractivity contribution >= 4 is 28.9 Å². The molecule has 3 aromatic rings. The number of ether oxygens (including phenoxy) is 4. The summed E-state index contributed by atoms with van der Waals surface area (Å²) in [5.74, 6) is -13.2. The fraction of sp³-hybridized carbons (Fsp3) is 0.455. The Bertz CT molecular complexity index is 2050. The van der Waals surface area contributed by atoms with Crippen LogP contribution in [-0.2, 0) is 30.2 Å². The number of carboxylic acid groups (broad SMARTS) is 1. The quantitative estimate of drug-likeness (QED) is 0.0205. The zero-order valence-electron chi connectivity index (χ0n) is 28.8. The molecule has 2 aliphatic heterocycles. The molecule has 0 spiro atoms. The van der Waals surface area contributed by atoms with Gasteiger partial charge in [-0.2, -0.15) is 0 Å². The van der Waals surface area contributed by atoms with E-state index < -0.39 is 114 Å². The number of nitrogens with two attached hydrogens (primary N) is 2. The summed E-state index contributed by atoms with van der Waals surface area (Å²) in [4.78, 5) is 42.2. The molecule has 16 N–H and O–H groups in total. The van der Waals surface area contributed by atoms with Gasteiger partial charge in [-0.25, -0.2) is 9.59 Å². The van der Waals surface area contributed by atoms with Crippen molar-refractivity contribution in [3.63, 3.8) is 0 Å². The van der Waals surface area contributed by atoms with Crippen LogP contribution >= 0.6 is 0 Å². The minimum Gasteiger partial charge on any atom is -0.507 e. The van der Waals surface area contributed by atoms with Gasteiger partial charge in [0, 0.05) is 48.9 Å². The standard InChI is InChI=1S/C33H39N3O20/c34-31(35)36-4-1-3-32(25(45)26(46)33(50,51)27(55-32)28(47)48)56-29(49)24-22(43)21(42)23(44)30(54-24)52-13-8-14(38)19-15(39)10-17(53-18(19)9-13)12-6-11(2-5-37)20(41)16(40)7-12/h6-10,21-27,30,37-38,40-46,50-51H,1-5H2,(H,47,48)(H4,34,35,36). The van der Waals surface area contributed by atoms with Crippen LogP contribution in [0.15, 0.2) is 44.5 Å². The van der Waals surface area contributed by atoms with Crippen LogP contribution in [-0.4, -0.2) is 153 Å². The first-order chi connectivity index (χ1) is 26.2. The number of rotatable bonds is 12. The zero-order valence-corrected chi connectivity index (χ0v) is 28.8. The molecule has 0 saturated carbocycles. The monoisotopic (exact) mass is 797 g/mol. The molecule has 2 fully saturated rings. The number of hydrogen-bond acceptors (Lipinski definition) is 20. The minimum atomic E-state index is -3.62. The van der Waals surface area contributed by atoms with Crippen molar-refractivity contribution in [2.75, 3.05) is 13.2 Å². The summed E-state index contributed by atoms with van der Waals surface area (Å²) in [6.07, 6.45) is -20.4. The molecule has 0 amide bonds. The van der Waals surface area contributed by atoms with Gasteiger partial charge in [-0.3, -0.25) is 9.79 Å². The van der Waals surface area contributed by atoms with E-state index in [0.29, 0.717) is 0 Å². The van der Waals surface area contributed by atoms with E-state index in [1.807, 2.05) is 0 Å². The molecule has 0 radical (unpaired) electrons. The number of carboxylic acids is 1. The molecule has 2 saturated heterocycles. The van der Waals surface area contributed by atoms with Crippen LogP contribution < -0.4 is 21.6 Å². The lowest BCUT2D eigenvalue weighted by Gasteiger charge is -2.50. The Kier molecular flexibility index (Phi) is 12.0. The Hall–Kier alpha value is -5.34. The van der Waals surface area contributed by atoms with Crippen molar-refractivity contribution in [1.82, 2.24) is 0 Å². The normalized spacial score (nSPS) is 28.7. The molecule has 9 atom stereocenters. The largest absolute Gasteiger partial charge is 0.507 e. The number of fused-ring (bicyclic) bond motifs is 1. The number of carbonyl (C=O) groups is 2. The molecule has 23 nitrogen and oxygen atoms in total. The second-order valence-electron chi connectivity index (χ2n) is 12.9. The Morgan fingerprint density at radius 2 is 1.61 bits per heavy atom. The number of hydrogen-bond donors (Lipinski definition) is 14. The molecule has 306 valence electrons. The number of aromatic hydroxyl groups is 3. The molecule has 9 unspecified atom stereocenters. The van der Waals surface area contributed by atoms with Crippen LogP contribution in [0.4, 0.5) is 0 Å². The first-order valence-corrected chi connectivity index (χ1v) is 16.5. The highest BCUT2D eigenvalue weighted by Crippen LogP contribution is 2.41. The third-order valence-electron chi connectivity index (χ3n) is 9.04. The average Bonchev–Trinajstić information content (AvgIpc) is 3.12. The van der Waals surface area contributed by atoms with Crippen molar-refractivity contribution in [1.29, 1.82) is 0 Å². The number of benzene rings is 2. The van der Waals surface area contributed by atoms with E-state index >= 15 is 0 Å². The van der Waals surface area contributed by atoms with Gasteiger partial charge in [-0.1, -0.05) is 0 Å². The number of guanidine groups is 1. The third kappa shape index (κ3) is 7.98. The number of phenols is 3. The van der Waals surface area contributed by atoms with E-state index in [1.165, 1.54) is 6.07 Å². The fourth-order valence-corrected chi connectivity index (χ4v) is 6.18. The van der Waals surface area contributed by atoms with Gasteiger partial charge in [-0.05, 0) is 25.0 Å². The molecule has 23 heteroatoms. The van der Waals surface area contributed by atoms with Gasteiger partial charge < -0.3 is 96.1 Å². The summed E-state index contributed by atoms with van der Waals surface area (Å²) in [7, 11) is 0. The lowest BCUT2D eigenvalue weighted by Crippen LogP contribution is -2.73. The number of phenolic OH excluding ortho intramolecular Hbond substituents is 3. The van der Waals surface area contributed by atoms with Crippen LogP contribution in [0.3, 0.4) is 0 Å². The molecule has 1 aromatic heterocycles. The number of aliphatic carboxylic acids is 1.